The van der Waals surface area contributed by atoms with Gasteiger partial charge in [0.25, 0.3) is 5.91 Å². The summed E-state index contributed by atoms with van der Waals surface area (Å²) in [6.45, 7) is 0. The normalized spacial score (nSPS) is 10.4. The zero-order valence-corrected chi connectivity index (χ0v) is 16.1. The van der Waals surface area contributed by atoms with E-state index in [2.05, 4.69) is 15.4 Å². The van der Waals surface area contributed by atoms with Gasteiger partial charge in [-0.2, -0.15) is 0 Å². The minimum atomic E-state index is -0.543. The largest absolute Gasteiger partial charge is 0.465 e. The van der Waals surface area contributed by atoms with Gasteiger partial charge in [-0.05, 0) is 24.3 Å². The first-order valence-electron chi connectivity index (χ1n) is 9.24. The van der Waals surface area contributed by atoms with Crippen molar-refractivity contribution in [3.05, 3.63) is 96.3 Å². The van der Waals surface area contributed by atoms with E-state index >= 15 is 0 Å². The third-order valence-electron chi connectivity index (χ3n) is 4.42. The molecule has 0 spiro atoms. The van der Waals surface area contributed by atoms with Crippen molar-refractivity contribution < 1.29 is 14.3 Å². The molecule has 7 nitrogen and oxygen atoms in total. The predicted octanol–water partition coefficient (Wildman–Crippen LogP) is 3.97. The summed E-state index contributed by atoms with van der Waals surface area (Å²) in [6.07, 6.45) is 0. The van der Waals surface area contributed by atoms with E-state index in [-0.39, 0.29) is 11.4 Å². The second kappa shape index (κ2) is 8.40. The first-order chi connectivity index (χ1) is 14.7. The summed E-state index contributed by atoms with van der Waals surface area (Å²) in [4.78, 5) is 29.3. The van der Waals surface area contributed by atoms with E-state index in [0.29, 0.717) is 11.5 Å². The van der Waals surface area contributed by atoms with Crippen LogP contribution >= 0.6 is 0 Å². The van der Waals surface area contributed by atoms with E-state index in [0.717, 1.165) is 11.3 Å². The summed E-state index contributed by atoms with van der Waals surface area (Å²) >= 11 is 0. The summed E-state index contributed by atoms with van der Waals surface area (Å²) < 4.78 is 6.40. The van der Waals surface area contributed by atoms with Gasteiger partial charge >= 0.3 is 5.97 Å². The average Bonchev–Trinajstić information content (AvgIpc) is 3.26. The van der Waals surface area contributed by atoms with Gasteiger partial charge < -0.3 is 10.1 Å². The van der Waals surface area contributed by atoms with Gasteiger partial charge in [-0.15, -0.1) is 5.10 Å². The smallest absolute Gasteiger partial charge is 0.339 e. The number of ether oxygens (including phenoxy) is 1. The first kappa shape index (κ1) is 19.1. The van der Waals surface area contributed by atoms with Crippen molar-refractivity contribution in [3.63, 3.8) is 0 Å². The summed E-state index contributed by atoms with van der Waals surface area (Å²) in [5, 5.41) is 7.13. The molecule has 1 heterocycles. The highest BCUT2D eigenvalue weighted by Crippen LogP contribution is 2.22. The summed E-state index contributed by atoms with van der Waals surface area (Å²) in [7, 11) is 1.29. The van der Waals surface area contributed by atoms with E-state index in [4.69, 9.17) is 4.74 Å². The number of methoxy groups -OCH3 is 1. The standard InChI is InChI=1S/C23H18N4O3/c1-30-23(29)18-14-8-9-15-19(18)24-22(28)20-25-21(16-10-4-2-5-11-16)27(26-20)17-12-6-3-7-13-17/h2-15H,1H3,(H,24,28). The van der Waals surface area contributed by atoms with Gasteiger partial charge in [-0.3, -0.25) is 4.79 Å². The lowest BCUT2D eigenvalue weighted by molar-refractivity contribution is 0.0602. The number of nitrogens with one attached hydrogen (secondary N) is 1. The van der Waals surface area contributed by atoms with Crippen LogP contribution in [0.5, 0.6) is 0 Å². The highest BCUT2D eigenvalue weighted by Gasteiger charge is 2.20. The van der Waals surface area contributed by atoms with E-state index in [9.17, 15) is 9.59 Å². The maximum absolute atomic E-state index is 12.9. The zero-order valence-electron chi connectivity index (χ0n) is 16.1. The molecular weight excluding hydrogens is 380 g/mol. The molecule has 0 atom stereocenters. The van der Waals surface area contributed by atoms with Gasteiger partial charge in [-0.25, -0.2) is 14.5 Å². The van der Waals surface area contributed by atoms with E-state index in [1.54, 1.807) is 28.9 Å². The van der Waals surface area contributed by atoms with Crippen molar-refractivity contribution in [1.82, 2.24) is 14.8 Å². The molecule has 1 N–H and O–H groups in total. The number of anilines is 1. The number of esters is 1. The summed E-state index contributed by atoms with van der Waals surface area (Å²) in [5.41, 5.74) is 2.17. The number of para-hydroxylation sites is 2. The molecule has 0 saturated carbocycles. The minimum absolute atomic E-state index is 0.0163. The third-order valence-corrected chi connectivity index (χ3v) is 4.42. The molecule has 0 bridgehead atoms. The van der Waals surface area contributed by atoms with Crippen LogP contribution in [-0.4, -0.2) is 33.8 Å². The maximum Gasteiger partial charge on any atom is 0.339 e. The Morgan fingerprint density at radius 3 is 2.20 bits per heavy atom. The lowest BCUT2D eigenvalue weighted by atomic mass is 10.2. The number of amides is 1. The SMILES string of the molecule is COC(=O)c1ccccc1NC(=O)c1nc(-c2ccccc2)n(-c2ccccc2)n1. The van der Waals surface area contributed by atoms with Gasteiger partial charge in [-0.1, -0.05) is 60.7 Å². The molecule has 0 radical (unpaired) electrons. The molecule has 0 unspecified atom stereocenters. The van der Waals surface area contributed by atoms with Crippen LogP contribution in [0.25, 0.3) is 17.1 Å². The number of hydrogen-bond donors (Lipinski definition) is 1. The lowest BCUT2D eigenvalue weighted by Crippen LogP contribution is -2.17. The molecule has 0 fully saturated rings. The number of aromatic nitrogens is 3. The van der Waals surface area contributed by atoms with Crippen LogP contribution in [0.1, 0.15) is 21.0 Å². The molecule has 3 aromatic carbocycles. The molecule has 1 aromatic heterocycles. The predicted molar refractivity (Wildman–Crippen MR) is 113 cm³/mol. The van der Waals surface area contributed by atoms with E-state index in [1.807, 2.05) is 60.7 Å². The summed E-state index contributed by atoms with van der Waals surface area (Å²) in [6, 6.07) is 25.5. The molecule has 7 heteroatoms. The Bertz CT molecular complexity index is 1130. The Morgan fingerprint density at radius 1 is 0.867 bits per heavy atom. The van der Waals surface area contributed by atoms with Gasteiger partial charge in [0.2, 0.25) is 5.82 Å². The Balaban J connectivity index is 1.73. The Hall–Kier alpha value is -4.26. The summed E-state index contributed by atoms with van der Waals surface area (Å²) in [5.74, 6) is -0.553. The Labute approximate surface area is 173 Å². The van der Waals surface area contributed by atoms with Crippen LogP contribution in [0, 0.1) is 0 Å². The van der Waals surface area contributed by atoms with Crippen molar-refractivity contribution in [3.8, 4) is 17.1 Å². The molecule has 0 aliphatic carbocycles. The molecule has 30 heavy (non-hydrogen) atoms. The topological polar surface area (TPSA) is 86.1 Å². The lowest BCUT2D eigenvalue weighted by Gasteiger charge is -2.07. The minimum Gasteiger partial charge on any atom is -0.465 e. The van der Waals surface area contributed by atoms with Gasteiger partial charge in [0.1, 0.15) is 0 Å². The van der Waals surface area contributed by atoms with E-state index in [1.165, 1.54) is 7.11 Å². The monoisotopic (exact) mass is 398 g/mol. The number of hydrogen-bond acceptors (Lipinski definition) is 5. The molecule has 4 aromatic rings. The van der Waals surface area contributed by atoms with Crippen LogP contribution in [0.4, 0.5) is 5.69 Å². The van der Waals surface area contributed by atoms with Crippen LogP contribution in [0.2, 0.25) is 0 Å². The van der Waals surface area contributed by atoms with Crippen LogP contribution in [0.3, 0.4) is 0 Å². The van der Waals surface area contributed by atoms with Gasteiger partial charge in [0.15, 0.2) is 5.82 Å². The zero-order chi connectivity index (χ0) is 20.9. The quantitative estimate of drug-likeness (QED) is 0.514. The average molecular weight is 398 g/mol. The van der Waals surface area contributed by atoms with Gasteiger partial charge in [0.05, 0.1) is 24.0 Å². The van der Waals surface area contributed by atoms with Crippen molar-refractivity contribution >= 4 is 17.6 Å². The fourth-order valence-electron chi connectivity index (χ4n) is 2.99. The molecule has 4 rings (SSSR count). The van der Waals surface area contributed by atoms with Crippen LogP contribution < -0.4 is 5.32 Å². The molecule has 148 valence electrons. The number of nitrogens with zero attached hydrogens (tertiary/aromatic N) is 3. The fourth-order valence-corrected chi connectivity index (χ4v) is 2.99. The number of carbonyl (C=O) groups excluding carboxylic acids is 2. The second-order valence-corrected chi connectivity index (χ2v) is 6.36. The third kappa shape index (κ3) is 3.81. The molecule has 0 aliphatic heterocycles. The fraction of sp³-hybridized carbons (Fsp3) is 0.0435. The van der Waals surface area contributed by atoms with Crippen molar-refractivity contribution in [2.45, 2.75) is 0 Å². The second-order valence-electron chi connectivity index (χ2n) is 6.36. The molecule has 1 amide bonds. The van der Waals surface area contributed by atoms with Crippen molar-refractivity contribution in [1.29, 1.82) is 0 Å². The van der Waals surface area contributed by atoms with E-state index < -0.39 is 11.9 Å². The number of benzene rings is 3. The highest BCUT2D eigenvalue weighted by molar-refractivity contribution is 6.06. The highest BCUT2D eigenvalue weighted by atomic mass is 16.5. The van der Waals surface area contributed by atoms with Crippen LogP contribution in [-0.2, 0) is 4.74 Å². The first-order valence-corrected chi connectivity index (χ1v) is 9.24. The van der Waals surface area contributed by atoms with Crippen molar-refractivity contribution in [2.75, 3.05) is 12.4 Å². The maximum atomic E-state index is 12.9. The number of carbonyl (C=O) groups is 2. The van der Waals surface area contributed by atoms with Crippen molar-refractivity contribution in [2.24, 2.45) is 0 Å². The Morgan fingerprint density at radius 2 is 1.50 bits per heavy atom. The molecule has 0 saturated heterocycles. The Kier molecular flexibility index (Phi) is 5.34. The van der Waals surface area contributed by atoms with Gasteiger partial charge in [0, 0.05) is 5.56 Å². The molecule has 0 aliphatic rings. The number of rotatable bonds is 5. The molecular formula is C23H18N4O3. The van der Waals surface area contributed by atoms with Crippen LogP contribution in [0.15, 0.2) is 84.9 Å².